The highest BCUT2D eigenvalue weighted by molar-refractivity contribution is 6.08. The predicted octanol–water partition coefficient (Wildman–Crippen LogP) is 9.85. The molecule has 0 spiro atoms. The third kappa shape index (κ3) is 4.80. The Labute approximate surface area is 221 Å². The average molecular weight is 491 g/mol. The fraction of sp³-hybridized carbons (Fsp3) is 0.353. The van der Waals surface area contributed by atoms with Gasteiger partial charge in [0.05, 0.1) is 11.4 Å². The number of hydrogen-bond donors (Lipinski definition) is 0. The molecule has 0 aliphatic carbocycles. The summed E-state index contributed by atoms with van der Waals surface area (Å²) in [6, 6.07) is 19.4. The van der Waals surface area contributed by atoms with Crippen LogP contribution in [0.4, 0.5) is 0 Å². The fourth-order valence-electron chi connectivity index (χ4n) is 5.35. The maximum absolute atomic E-state index is 6.50. The number of furan rings is 1. The molecule has 0 fully saturated rings. The molecule has 3 heteroatoms. The minimum Gasteiger partial charge on any atom is -0.437 e. The number of hydrogen-bond acceptors (Lipinski definition) is 3. The Bertz CT molecular complexity index is 1570. The maximum atomic E-state index is 6.50. The van der Waals surface area contributed by atoms with E-state index in [1.54, 1.807) is 0 Å². The van der Waals surface area contributed by atoms with Crippen LogP contribution in [0, 0.1) is 12.3 Å². The van der Waals surface area contributed by atoms with E-state index >= 15 is 0 Å². The van der Waals surface area contributed by atoms with Crippen LogP contribution in [0.15, 0.2) is 65.2 Å². The highest BCUT2D eigenvalue weighted by Gasteiger charge is 2.20. The molecule has 3 aromatic heterocycles. The minimum atomic E-state index is 0.222. The zero-order chi connectivity index (χ0) is 26.5. The van der Waals surface area contributed by atoms with E-state index in [1.807, 2.05) is 6.20 Å². The number of pyridine rings is 2. The van der Waals surface area contributed by atoms with Gasteiger partial charge in [0, 0.05) is 28.1 Å². The number of aryl methyl sites for hydroxylation is 1. The first-order valence-electron chi connectivity index (χ1n) is 13.4. The Morgan fingerprint density at radius 3 is 2.11 bits per heavy atom. The van der Waals surface area contributed by atoms with Crippen LogP contribution in [0.1, 0.15) is 82.6 Å². The predicted molar refractivity (Wildman–Crippen MR) is 156 cm³/mol. The summed E-state index contributed by atoms with van der Waals surface area (Å²) in [6.07, 6.45) is 3.04. The Morgan fingerprint density at radius 2 is 1.49 bits per heavy atom. The summed E-state index contributed by atoms with van der Waals surface area (Å²) < 4.78 is 6.50. The number of fused-ring (bicyclic) bond motifs is 3. The molecule has 0 N–H and O–H groups in total. The van der Waals surface area contributed by atoms with Crippen molar-refractivity contribution >= 4 is 22.1 Å². The molecule has 0 aliphatic heterocycles. The van der Waals surface area contributed by atoms with Crippen molar-refractivity contribution in [2.75, 3.05) is 0 Å². The van der Waals surface area contributed by atoms with Gasteiger partial charge in [-0.25, -0.2) is 4.98 Å². The highest BCUT2D eigenvalue weighted by atomic mass is 16.3. The molecule has 0 saturated carbocycles. The summed E-state index contributed by atoms with van der Waals surface area (Å²) >= 11 is 0. The van der Waals surface area contributed by atoms with E-state index in [0.717, 1.165) is 39.7 Å². The molecule has 0 aliphatic rings. The standard InChI is InChI=1S/C34H38N2O/c1-20(2)24-11-9-12-25(21(3)4)31(24)29-16-15-27-26-13-10-14-28(32(26)37-33(27)36-29)30-17-22(5)23(19-35-30)18-34(6,7)8/h9-17,19-21H,18H2,1-8H3. The van der Waals surface area contributed by atoms with E-state index < -0.39 is 0 Å². The first kappa shape index (κ1) is 25.2. The second-order valence-electron chi connectivity index (χ2n) is 12.2. The van der Waals surface area contributed by atoms with Crippen molar-refractivity contribution in [2.45, 2.75) is 73.6 Å². The Kier molecular flexibility index (Phi) is 6.43. The van der Waals surface area contributed by atoms with Crippen LogP contribution in [-0.2, 0) is 6.42 Å². The third-order valence-electron chi connectivity index (χ3n) is 7.21. The van der Waals surface area contributed by atoms with Crippen molar-refractivity contribution < 1.29 is 4.42 Å². The molecule has 37 heavy (non-hydrogen) atoms. The van der Waals surface area contributed by atoms with Gasteiger partial charge in [-0.2, -0.15) is 0 Å². The second-order valence-corrected chi connectivity index (χ2v) is 12.2. The lowest BCUT2D eigenvalue weighted by Crippen LogP contribution is -2.10. The molecule has 3 nitrogen and oxygen atoms in total. The van der Waals surface area contributed by atoms with Crippen LogP contribution in [-0.4, -0.2) is 9.97 Å². The highest BCUT2D eigenvalue weighted by Crippen LogP contribution is 2.39. The first-order chi connectivity index (χ1) is 17.5. The van der Waals surface area contributed by atoms with Crippen molar-refractivity contribution in [3.8, 4) is 22.5 Å². The topological polar surface area (TPSA) is 38.9 Å². The van der Waals surface area contributed by atoms with Gasteiger partial charge in [-0.05, 0) is 77.1 Å². The van der Waals surface area contributed by atoms with Gasteiger partial charge in [0.15, 0.2) is 0 Å². The Hall–Kier alpha value is -3.46. The van der Waals surface area contributed by atoms with Gasteiger partial charge in [-0.15, -0.1) is 0 Å². The van der Waals surface area contributed by atoms with Crippen LogP contribution in [0.2, 0.25) is 0 Å². The maximum Gasteiger partial charge on any atom is 0.227 e. The normalized spacial score (nSPS) is 12.4. The molecule has 0 radical (unpaired) electrons. The van der Waals surface area contributed by atoms with Crippen molar-refractivity contribution in [3.63, 3.8) is 0 Å². The number of rotatable bonds is 5. The molecule has 5 rings (SSSR count). The number of benzene rings is 2. The molecular formula is C34H38N2O. The van der Waals surface area contributed by atoms with Crippen molar-refractivity contribution in [2.24, 2.45) is 5.41 Å². The van der Waals surface area contributed by atoms with Gasteiger partial charge in [0.2, 0.25) is 5.71 Å². The largest absolute Gasteiger partial charge is 0.437 e. The van der Waals surface area contributed by atoms with E-state index in [1.165, 1.54) is 27.8 Å². The Morgan fingerprint density at radius 1 is 0.811 bits per heavy atom. The molecule has 5 aromatic rings. The van der Waals surface area contributed by atoms with Gasteiger partial charge in [0.25, 0.3) is 0 Å². The van der Waals surface area contributed by atoms with Crippen molar-refractivity contribution in [1.82, 2.24) is 9.97 Å². The van der Waals surface area contributed by atoms with E-state index in [9.17, 15) is 0 Å². The molecule has 2 aromatic carbocycles. The smallest absolute Gasteiger partial charge is 0.227 e. The van der Waals surface area contributed by atoms with E-state index in [0.29, 0.717) is 17.5 Å². The monoisotopic (exact) mass is 490 g/mol. The van der Waals surface area contributed by atoms with Crippen LogP contribution in [0.25, 0.3) is 44.6 Å². The number of aromatic nitrogens is 2. The van der Waals surface area contributed by atoms with Gasteiger partial charge in [-0.3, -0.25) is 4.98 Å². The zero-order valence-electron chi connectivity index (χ0n) is 23.4. The molecule has 190 valence electrons. The average Bonchev–Trinajstić information content (AvgIpc) is 3.22. The lowest BCUT2D eigenvalue weighted by molar-refractivity contribution is 0.410. The first-order valence-corrected chi connectivity index (χ1v) is 13.4. The van der Waals surface area contributed by atoms with Crippen molar-refractivity contribution in [3.05, 3.63) is 83.0 Å². The number of para-hydroxylation sites is 1. The Balaban J connectivity index is 1.66. The van der Waals surface area contributed by atoms with E-state index in [2.05, 4.69) is 110 Å². The molecule has 0 atom stereocenters. The summed E-state index contributed by atoms with van der Waals surface area (Å²) in [4.78, 5) is 9.95. The van der Waals surface area contributed by atoms with Gasteiger partial charge >= 0.3 is 0 Å². The van der Waals surface area contributed by atoms with E-state index in [-0.39, 0.29) is 5.41 Å². The zero-order valence-corrected chi connectivity index (χ0v) is 23.4. The molecule has 3 heterocycles. The fourth-order valence-corrected chi connectivity index (χ4v) is 5.35. The SMILES string of the molecule is Cc1cc(-c2cccc3c2oc2nc(-c4c(C(C)C)cccc4C(C)C)ccc23)ncc1CC(C)(C)C. The van der Waals surface area contributed by atoms with Crippen LogP contribution in [0.5, 0.6) is 0 Å². The third-order valence-corrected chi connectivity index (χ3v) is 7.21. The quantitative estimate of drug-likeness (QED) is 0.246. The summed E-state index contributed by atoms with van der Waals surface area (Å²) in [5.41, 5.74) is 11.1. The summed E-state index contributed by atoms with van der Waals surface area (Å²) in [5.74, 6) is 0.813. The summed E-state index contributed by atoms with van der Waals surface area (Å²) in [5, 5.41) is 2.11. The van der Waals surface area contributed by atoms with Crippen LogP contribution >= 0.6 is 0 Å². The molecule has 0 bridgehead atoms. The minimum absolute atomic E-state index is 0.222. The van der Waals surface area contributed by atoms with Crippen LogP contribution in [0.3, 0.4) is 0 Å². The summed E-state index contributed by atoms with van der Waals surface area (Å²) in [7, 11) is 0. The number of nitrogens with zero attached hydrogens (tertiary/aromatic N) is 2. The molecular weight excluding hydrogens is 452 g/mol. The molecule has 0 unspecified atom stereocenters. The second kappa shape index (κ2) is 9.45. The lowest BCUT2D eigenvalue weighted by Gasteiger charge is -2.19. The summed E-state index contributed by atoms with van der Waals surface area (Å²) in [6.45, 7) is 18.0. The van der Waals surface area contributed by atoms with Gasteiger partial charge < -0.3 is 4.42 Å². The van der Waals surface area contributed by atoms with Gasteiger partial charge in [-0.1, -0.05) is 78.8 Å². The molecule has 0 amide bonds. The molecule has 0 saturated heterocycles. The van der Waals surface area contributed by atoms with Gasteiger partial charge in [0.1, 0.15) is 5.58 Å². The van der Waals surface area contributed by atoms with Crippen LogP contribution < -0.4 is 0 Å². The lowest BCUT2D eigenvalue weighted by atomic mass is 9.87. The van der Waals surface area contributed by atoms with E-state index in [4.69, 9.17) is 14.4 Å². The van der Waals surface area contributed by atoms with Crippen molar-refractivity contribution in [1.29, 1.82) is 0 Å².